The summed E-state index contributed by atoms with van der Waals surface area (Å²) in [6.07, 6.45) is 6.37. The molecule has 1 unspecified atom stereocenters. The second-order valence-electron chi connectivity index (χ2n) is 6.10. The molecule has 3 N–H and O–H groups in total. The Bertz CT molecular complexity index is 398. The average Bonchev–Trinajstić information content (AvgIpc) is 2.43. The molecule has 1 atom stereocenters. The van der Waals surface area contributed by atoms with Crippen molar-refractivity contribution in [2.75, 3.05) is 13.1 Å². The van der Waals surface area contributed by atoms with Gasteiger partial charge in [0.15, 0.2) is 0 Å². The van der Waals surface area contributed by atoms with Gasteiger partial charge in [0.1, 0.15) is 0 Å². The molecule has 19 heavy (non-hydrogen) atoms. The molecular formula is C17H28N2. The van der Waals surface area contributed by atoms with Gasteiger partial charge in [-0.15, -0.1) is 0 Å². The first-order valence-corrected chi connectivity index (χ1v) is 7.75. The Morgan fingerprint density at radius 3 is 2.58 bits per heavy atom. The first-order chi connectivity index (χ1) is 9.20. The lowest BCUT2D eigenvalue weighted by atomic mass is 9.90. The summed E-state index contributed by atoms with van der Waals surface area (Å²) in [6.45, 7) is 6.20. The van der Waals surface area contributed by atoms with Crippen molar-refractivity contribution >= 4 is 0 Å². The van der Waals surface area contributed by atoms with Gasteiger partial charge >= 0.3 is 0 Å². The van der Waals surface area contributed by atoms with E-state index < -0.39 is 0 Å². The first kappa shape index (κ1) is 14.5. The normalized spacial score (nSPS) is 16.4. The Morgan fingerprint density at radius 1 is 1.16 bits per heavy atom. The van der Waals surface area contributed by atoms with Gasteiger partial charge in [0, 0.05) is 12.6 Å². The Balaban J connectivity index is 1.86. The van der Waals surface area contributed by atoms with Gasteiger partial charge in [0.2, 0.25) is 0 Å². The molecule has 0 aliphatic heterocycles. The second-order valence-corrected chi connectivity index (χ2v) is 6.10. The molecule has 0 radical (unpaired) electrons. The molecule has 2 heteroatoms. The molecule has 0 bridgehead atoms. The molecule has 0 fully saturated rings. The lowest BCUT2D eigenvalue weighted by Gasteiger charge is -2.21. The highest BCUT2D eigenvalue weighted by Gasteiger charge is 2.11. The Hall–Kier alpha value is -0.860. The minimum absolute atomic E-state index is 0.442. The SMILES string of the molecule is CC(C)C(CN)NCCc1ccc2c(c1)CCCC2. The standard InChI is InChI=1S/C17H28N2/c1-13(2)17(12-18)19-10-9-14-7-8-15-5-3-4-6-16(15)11-14/h7-8,11,13,17,19H,3-6,9-10,12,18H2,1-2H3. The monoisotopic (exact) mass is 260 g/mol. The molecular weight excluding hydrogens is 232 g/mol. The molecule has 0 aromatic heterocycles. The van der Waals surface area contributed by atoms with E-state index in [0.717, 1.165) is 19.5 Å². The van der Waals surface area contributed by atoms with E-state index >= 15 is 0 Å². The van der Waals surface area contributed by atoms with E-state index in [1.807, 2.05) is 0 Å². The van der Waals surface area contributed by atoms with Gasteiger partial charge in [0.05, 0.1) is 0 Å². The van der Waals surface area contributed by atoms with Crippen LogP contribution in [0.25, 0.3) is 0 Å². The highest BCUT2D eigenvalue weighted by Crippen LogP contribution is 2.22. The number of fused-ring (bicyclic) bond motifs is 1. The summed E-state index contributed by atoms with van der Waals surface area (Å²) in [5, 5.41) is 3.57. The van der Waals surface area contributed by atoms with Crippen molar-refractivity contribution in [1.82, 2.24) is 5.32 Å². The van der Waals surface area contributed by atoms with Gasteiger partial charge in [-0.25, -0.2) is 0 Å². The van der Waals surface area contributed by atoms with Gasteiger partial charge < -0.3 is 11.1 Å². The zero-order valence-corrected chi connectivity index (χ0v) is 12.4. The fourth-order valence-corrected chi connectivity index (χ4v) is 2.94. The topological polar surface area (TPSA) is 38.0 Å². The van der Waals surface area contributed by atoms with E-state index in [-0.39, 0.29) is 0 Å². The van der Waals surface area contributed by atoms with Crippen molar-refractivity contribution in [3.63, 3.8) is 0 Å². The quantitative estimate of drug-likeness (QED) is 0.825. The minimum Gasteiger partial charge on any atom is -0.329 e. The van der Waals surface area contributed by atoms with Crippen LogP contribution in [0.15, 0.2) is 18.2 Å². The molecule has 2 nitrogen and oxygen atoms in total. The number of rotatable bonds is 6. The lowest BCUT2D eigenvalue weighted by Crippen LogP contribution is -2.41. The number of nitrogens with two attached hydrogens (primary N) is 1. The Labute approximate surface area is 117 Å². The van der Waals surface area contributed by atoms with Crippen LogP contribution in [0, 0.1) is 5.92 Å². The zero-order valence-electron chi connectivity index (χ0n) is 12.4. The third kappa shape index (κ3) is 4.05. The van der Waals surface area contributed by atoms with Crippen LogP contribution in [-0.2, 0) is 19.3 Å². The summed E-state index contributed by atoms with van der Waals surface area (Å²) in [5.74, 6) is 0.605. The van der Waals surface area contributed by atoms with Crippen LogP contribution >= 0.6 is 0 Å². The maximum absolute atomic E-state index is 5.78. The van der Waals surface area contributed by atoms with Crippen molar-refractivity contribution in [2.45, 2.75) is 52.0 Å². The fraction of sp³-hybridized carbons (Fsp3) is 0.647. The molecule has 0 heterocycles. The second kappa shape index (κ2) is 7.06. The van der Waals surface area contributed by atoms with Crippen LogP contribution < -0.4 is 11.1 Å². The predicted octanol–water partition coefficient (Wildman–Crippen LogP) is 2.68. The van der Waals surface area contributed by atoms with Crippen molar-refractivity contribution in [1.29, 1.82) is 0 Å². The molecule has 1 aliphatic rings. The number of benzene rings is 1. The van der Waals surface area contributed by atoms with Crippen molar-refractivity contribution < 1.29 is 0 Å². The molecule has 0 amide bonds. The minimum atomic E-state index is 0.442. The fourth-order valence-electron chi connectivity index (χ4n) is 2.94. The maximum atomic E-state index is 5.78. The molecule has 0 saturated carbocycles. The van der Waals surface area contributed by atoms with Crippen molar-refractivity contribution in [2.24, 2.45) is 11.7 Å². The number of hydrogen-bond donors (Lipinski definition) is 2. The van der Waals surface area contributed by atoms with Gasteiger partial charge in [0.25, 0.3) is 0 Å². The molecule has 0 saturated heterocycles. The number of nitrogens with one attached hydrogen (secondary N) is 1. The van der Waals surface area contributed by atoms with Gasteiger partial charge in [-0.05, 0) is 61.3 Å². The van der Waals surface area contributed by atoms with Crippen LogP contribution in [0.3, 0.4) is 0 Å². The highest BCUT2D eigenvalue weighted by atomic mass is 14.9. The Kier molecular flexibility index (Phi) is 5.41. The van der Waals surface area contributed by atoms with Crippen LogP contribution in [-0.4, -0.2) is 19.1 Å². The zero-order chi connectivity index (χ0) is 13.7. The third-order valence-corrected chi connectivity index (χ3v) is 4.29. The van der Waals surface area contributed by atoms with E-state index in [9.17, 15) is 0 Å². The maximum Gasteiger partial charge on any atom is 0.0213 e. The van der Waals surface area contributed by atoms with E-state index in [4.69, 9.17) is 5.73 Å². The largest absolute Gasteiger partial charge is 0.329 e. The van der Waals surface area contributed by atoms with Crippen LogP contribution in [0.1, 0.15) is 43.4 Å². The van der Waals surface area contributed by atoms with E-state index in [1.165, 1.54) is 31.2 Å². The molecule has 1 aliphatic carbocycles. The predicted molar refractivity (Wildman–Crippen MR) is 82.5 cm³/mol. The smallest absolute Gasteiger partial charge is 0.0213 e. The molecule has 2 rings (SSSR count). The number of aryl methyl sites for hydroxylation is 2. The van der Waals surface area contributed by atoms with E-state index in [0.29, 0.717) is 12.0 Å². The van der Waals surface area contributed by atoms with Crippen LogP contribution in [0.4, 0.5) is 0 Å². The van der Waals surface area contributed by atoms with E-state index in [1.54, 1.807) is 11.1 Å². The lowest BCUT2D eigenvalue weighted by molar-refractivity contribution is 0.409. The van der Waals surface area contributed by atoms with Crippen LogP contribution in [0.2, 0.25) is 0 Å². The summed E-state index contributed by atoms with van der Waals surface area (Å²) in [5.41, 5.74) is 10.4. The third-order valence-electron chi connectivity index (χ3n) is 4.29. The average molecular weight is 260 g/mol. The van der Waals surface area contributed by atoms with Gasteiger partial charge in [-0.3, -0.25) is 0 Å². The number of hydrogen-bond acceptors (Lipinski definition) is 2. The Morgan fingerprint density at radius 2 is 1.89 bits per heavy atom. The summed E-state index contributed by atoms with van der Waals surface area (Å²) in [6, 6.07) is 7.51. The molecule has 0 spiro atoms. The van der Waals surface area contributed by atoms with Crippen LogP contribution in [0.5, 0.6) is 0 Å². The molecule has 1 aromatic rings. The van der Waals surface area contributed by atoms with Gasteiger partial charge in [-0.2, -0.15) is 0 Å². The van der Waals surface area contributed by atoms with E-state index in [2.05, 4.69) is 37.4 Å². The summed E-state index contributed by atoms with van der Waals surface area (Å²) in [7, 11) is 0. The molecule has 1 aromatic carbocycles. The first-order valence-electron chi connectivity index (χ1n) is 7.75. The van der Waals surface area contributed by atoms with Gasteiger partial charge in [-0.1, -0.05) is 32.0 Å². The van der Waals surface area contributed by atoms with Crippen molar-refractivity contribution in [3.8, 4) is 0 Å². The summed E-state index contributed by atoms with van der Waals surface area (Å²) < 4.78 is 0. The summed E-state index contributed by atoms with van der Waals surface area (Å²) >= 11 is 0. The van der Waals surface area contributed by atoms with Crippen molar-refractivity contribution in [3.05, 3.63) is 34.9 Å². The summed E-state index contributed by atoms with van der Waals surface area (Å²) in [4.78, 5) is 0. The highest BCUT2D eigenvalue weighted by molar-refractivity contribution is 5.33. The molecule has 106 valence electrons.